The maximum absolute atomic E-state index is 13.7. The highest BCUT2D eigenvalue weighted by Crippen LogP contribution is 2.22. The average molecular weight is 340 g/mol. The first-order chi connectivity index (χ1) is 11.0. The molecule has 2 N–H and O–H groups in total. The molecule has 0 radical (unpaired) electrons. The number of rotatable bonds is 3. The lowest BCUT2D eigenvalue weighted by molar-refractivity contribution is -0.143. The number of nitrogens with one attached hydrogen (secondary N) is 2. The monoisotopic (exact) mass is 339 g/mol. The van der Waals surface area contributed by atoms with Gasteiger partial charge in [0.1, 0.15) is 11.9 Å². The zero-order chi connectivity index (χ0) is 16.6. The van der Waals surface area contributed by atoms with Crippen LogP contribution < -0.4 is 10.6 Å². The molecule has 23 heavy (non-hydrogen) atoms. The summed E-state index contributed by atoms with van der Waals surface area (Å²) in [4.78, 5) is 37.1. The molecule has 1 aromatic rings. The Bertz CT molecular complexity index is 638. The number of hydrogen-bond acceptors (Lipinski definition) is 3. The van der Waals surface area contributed by atoms with Gasteiger partial charge in [-0.2, -0.15) is 0 Å². The van der Waals surface area contributed by atoms with Crippen LogP contribution in [0.4, 0.5) is 4.39 Å². The van der Waals surface area contributed by atoms with Gasteiger partial charge in [0.2, 0.25) is 17.7 Å². The Morgan fingerprint density at radius 2 is 2.22 bits per heavy atom. The van der Waals surface area contributed by atoms with E-state index in [0.29, 0.717) is 6.42 Å². The molecule has 0 aromatic heterocycles. The molecule has 8 heteroatoms. The van der Waals surface area contributed by atoms with Crippen LogP contribution in [0.5, 0.6) is 0 Å². The van der Waals surface area contributed by atoms with Gasteiger partial charge < -0.3 is 15.5 Å². The second-order valence-corrected chi connectivity index (χ2v) is 6.06. The van der Waals surface area contributed by atoms with Crippen molar-refractivity contribution in [1.29, 1.82) is 0 Å². The lowest BCUT2D eigenvalue weighted by Crippen LogP contribution is -2.55. The zero-order valence-corrected chi connectivity index (χ0v) is 12.9. The SMILES string of the molecule is O=C(Cc1c(F)cccc1Cl)N[C@@H]1C[C@H]2C(=O)NCC(=O)N2C1. The van der Waals surface area contributed by atoms with E-state index in [0.717, 1.165) is 0 Å². The van der Waals surface area contributed by atoms with Crippen molar-refractivity contribution in [2.75, 3.05) is 13.1 Å². The molecular weight excluding hydrogens is 325 g/mol. The Hall–Kier alpha value is -2.15. The standard InChI is InChI=1S/C15H15ClFN3O3/c16-10-2-1-3-11(17)9(10)5-13(21)19-8-4-12-15(23)18-6-14(22)20(12)7-8/h1-3,8,12H,4-7H2,(H,18,23)(H,19,21)/t8-,12+/m1/s1. The Morgan fingerprint density at radius 3 is 2.91 bits per heavy atom. The van der Waals surface area contributed by atoms with Gasteiger partial charge in [-0.1, -0.05) is 17.7 Å². The van der Waals surface area contributed by atoms with Crippen molar-refractivity contribution >= 4 is 29.3 Å². The molecule has 2 aliphatic rings. The first kappa shape index (κ1) is 15.7. The summed E-state index contributed by atoms with van der Waals surface area (Å²) in [5.74, 6) is -1.30. The second-order valence-electron chi connectivity index (χ2n) is 5.66. The summed E-state index contributed by atoms with van der Waals surface area (Å²) in [7, 11) is 0. The van der Waals surface area contributed by atoms with Crippen molar-refractivity contribution < 1.29 is 18.8 Å². The largest absolute Gasteiger partial charge is 0.351 e. The van der Waals surface area contributed by atoms with Gasteiger partial charge in [0.15, 0.2) is 0 Å². The average Bonchev–Trinajstić information content (AvgIpc) is 2.92. The third-order valence-corrected chi connectivity index (χ3v) is 4.46. The molecule has 2 atom stereocenters. The van der Waals surface area contributed by atoms with E-state index in [4.69, 9.17) is 11.6 Å². The smallest absolute Gasteiger partial charge is 0.243 e. The zero-order valence-electron chi connectivity index (χ0n) is 12.1. The van der Waals surface area contributed by atoms with Gasteiger partial charge in [-0.15, -0.1) is 0 Å². The number of hydrogen-bond donors (Lipinski definition) is 2. The van der Waals surface area contributed by atoms with Crippen LogP contribution in [0.3, 0.4) is 0 Å². The topological polar surface area (TPSA) is 78.5 Å². The van der Waals surface area contributed by atoms with Crippen molar-refractivity contribution in [2.45, 2.75) is 24.9 Å². The molecule has 3 rings (SSSR count). The van der Waals surface area contributed by atoms with Gasteiger partial charge in [0.25, 0.3) is 0 Å². The van der Waals surface area contributed by atoms with Crippen molar-refractivity contribution in [1.82, 2.24) is 15.5 Å². The molecule has 1 aromatic carbocycles. The number of nitrogens with zero attached hydrogens (tertiary/aromatic N) is 1. The molecular formula is C15H15ClFN3O3. The van der Waals surface area contributed by atoms with Crippen LogP contribution in [-0.4, -0.2) is 47.8 Å². The predicted octanol–water partition coefficient (Wildman–Crippen LogP) is 0.237. The lowest BCUT2D eigenvalue weighted by Gasteiger charge is -2.28. The summed E-state index contributed by atoms with van der Waals surface area (Å²) in [6.07, 6.45) is 0.168. The molecule has 122 valence electrons. The van der Waals surface area contributed by atoms with Crippen LogP contribution >= 0.6 is 11.6 Å². The predicted molar refractivity (Wildman–Crippen MR) is 80.2 cm³/mol. The van der Waals surface area contributed by atoms with E-state index in [-0.39, 0.29) is 48.0 Å². The Morgan fingerprint density at radius 1 is 1.43 bits per heavy atom. The molecule has 0 bridgehead atoms. The normalized spacial score (nSPS) is 23.5. The first-order valence-corrected chi connectivity index (χ1v) is 7.63. The number of fused-ring (bicyclic) bond motifs is 1. The Balaban J connectivity index is 1.63. The maximum atomic E-state index is 13.7. The molecule has 0 aliphatic carbocycles. The molecule has 0 spiro atoms. The van der Waals surface area contributed by atoms with Crippen molar-refractivity contribution in [3.63, 3.8) is 0 Å². The minimum absolute atomic E-state index is 0.0131. The fourth-order valence-corrected chi connectivity index (χ4v) is 3.22. The van der Waals surface area contributed by atoms with Crippen LogP contribution in [0.25, 0.3) is 0 Å². The third-order valence-electron chi connectivity index (χ3n) is 4.10. The first-order valence-electron chi connectivity index (χ1n) is 7.25. The van der Waals surface area contributed by atoms with E-state index >= 15 is 0 Å². The van der Waals surface area contributed by atoms with Gasteiger partial charge in [-0.3, -0.25) is 14.4 Å². The van der Waals surface area contributed by atoms with E-state index in [1.807, 2.05) is 0 Å². The Kier molecular flexibility index (Phi) is 4.21. The fraction of sp³-hybridized carbons (Fsp3) is 0.400. The minimum atomic E-state index is -0.543. The van der Waals surface area contributed by atoms with Crippen molar-refractivity contribution in [3.8, 4) is 0 Å². The number of amides is 3. The number of carbonyl (C=O) groups excluding carboxylic acids is 3. The number of halogens is 2. The van der Waals surface area contributed by atoms with Crippen LogP contribution in [-0.2, 0) is 20.8 Å². The summed E-state index contributed by atoms with van der Waals surface area (Å²) < 4.78 is 13.7. The Labute approximate surface area is 137 Å². The van der Waals surface area contributed by atoms with E-state index in [1.54, 1.807) is 0 Å². The molecule has 2 saturated heterocycles. The number of piperazine rings is 1. The summed E-state index contributed by atoms with van der Waals surface area (Å²) in [6.45, 7) is 0.272. The molecule has 6 nitrogen and oxygen atoms in total. The molecule has 2 heterocycles. The van der Waals surface area contributed by atoms with Gasteiger partial charge in [-0.25, -0.2) is 4.39 Å². The highest BCUT2D eigenvalue weighted by molar-refractivity contribution is 6.31. The molecule has 3 amide bonds. The molecule has 0 unspecified atom stereocenters. The lowest BCUT2D eigenvalue weighted by atomic mass is 10.1. The molecule has 0 saturated carbocycles. The van der Waals surface area contributed by atoms with Gasteiger partial charge >= 0.3 is 0 Å². The fourth-order valence-electron chi connectivity index (χ4n) is 2.99. The summed E-state index contributed by atoms with van der Waals surface area (Å²) in [6, 6.07) is 3.36. The van der Waals surface area contributed by atoms with Crippen LogP contribution in [0.1, 0.15) is 12.0 Å². The maximum Gasteiger partial charge on any atom is 0.243 e. The van der Waals surface area contributed by atoms with E-state index in [9.17, 15) is 18.8 Å². The van der Waals surface area contributed by atoms with Gasteiger partial charge in [0, 0.05) is 23.2 Å². The van der Waals surface area contributed by atoms with Gasteiger partial charge in [0.05, 0.1) is 13.0 Å². The summed E-state index contributed by atoms with van der Waals surface area (Å²) in [5, 5.41) is 5.46. The summed E-state index contributed by atoms with van der Waals surface area (Å²) >= 11 is 5.90. The highest BCUT2D eigenvalue weighted by Gasteiger charge is 2.42. The van der Waals surface area contributed by atoms with E-state index in [2.05, 4.69) is 10.6 Å². The molecule has 2 fully saturated rings. The number of carbonyl (C=O) groups is 3. The van der Waals surface area contributed by atoms with Crippen LogP contribution in [0.15, 0.2) is 18.2 Å². The molecule has 2 aliphatic heterocycles. The van der Waals surface area contributed by atoms with E-state index < -0.39 is 17.8 Å². The highest BCUT2D eigenvalue weighted by atomic mass is 35.5. The quantitative estimate of drug-likeness (QED) is 0.828. The van der Waals surface area contributed by atoms with Crippen molar-refractivity contribution in [3.05, 3.63) is 34.6 Å². The number of benzene rings is 1. The second kappa shape index (κ2) is 6.16. The minimum Gasteiger partial charge on any atom is -0.351 e. The third kappa shape index (κ3) is 3.14. The van der Waals surface area contributed by atoms with Crippen LogP contribution in [0, 0.1) is 5.82 Å². The van der Waals surface area contributed by atoms with Crippen LogP contribution in [0.2, 0.25) is 5.02 Å². The van der Waals surface area contributed by atoms with E-state index in [1.165, 1.54) is 23.1 Å². The summed E-state index contributed by atoms with van der Waals surface area (Å²) in [5.41, 5.74) is 0.135. The van der Waals surface area contributed by atoms with Crippen molar-refractivity contribution in [2.24, 2.45) is 0 Å². The van der Waals surface area contributed by atoms with Gasteiger partial charge in [-0.05, 0) is 18.6 Å².